The fraction of sp³-hybridized carbons (Fsp3) is 0.278. The first-order chi connectivity index (χ1) is 13.6. The number of benzene rings is 2. The Balaban J connectivity index is 1.89. The summed E-state index contributed by atoms with van der Waals surface area (Å²) < 4.78 is 66.0. The first-order valence-corrected chi connectivity index (χ1v) is 11.5. The molecule has 1 amide bonds. The summed E-state index contributed by atoms with van der Waals surface area (Å²) in [5.74, 6) is 1.17. The molecule has 156 valence electrons. The van der Waals surface area contributed by atoms with E-state index in [0.717, 1.165) is 29.7 Å². The van der Waals surface area contributed by atoms with Gasteiger partial charge in [-0.1, -0.05) is 17.7 Å². The summed E-state index contributed by atoms with van der Waals surface area (Å²) in [7, 11) is -4.23. The quantitative estimate of drug-likeness (QED) is 0.730. The van der Waals surface area contributed by atoms with E-state index in [1.54, 1.807) is 16.7 Å². The fourth-order valence-corrected chi connectivity index (χ4v) is 4.92. The molecule has 0 aromatic heterocycles. The van der Waals surface area contributed by atoms with Gasteiger partial charge in [0.05, 0.1) is 21.0 Å². The second-order valence-electron chi connectivity index (χ2n) is 6.23. The Morgan fingerprint density at radius 2 is 1.79 bits per heavy atom. The van der Waals surface area contributed by atoms with Crippen LogP contribution in [0.2, 0.25) is 5.02 Å². The third-order valence-electron chi connectivity index (χ3n) is 4.22. The number of sulfonamides is 1. The van der Waals surface area contributed by atoms with Gasteiger partial charge in [-0.05, 0) is 36.4 Å². The van der Waals surface area contributed by atoms with Crippen LogP contribution in [0, 0.1) is 0 Å². The molecule has 0 saturated carbocycles. The molecule has 0 atom stereocenters. The first kappa shape index (κ1) is 21.8. The average Bonchev–Trinajstić information content (AvgIpc) is 2.67. The van der Waals surface area contributed by atoms with Crippen molar-refractivity contribution in [3.8, 4) is 0 Å². The zero-order valence-corrected chi connectivity index (χ0v) is 17.3. The van der Waals surface area contributed by atoms with Crippen LogP contribution in [0.3, 0.4) is 0 Å². The number of nitrogens with zero attached hydrogens (tertiary/aromatic N) is 1. The minimum absolute atomic E-state index is 0.0329. The van der Waals surface area contributed by atoms with Gasteiger partial charge in [-0.2, -0.15) is 24.9 Å². The van der Waals surface area contributed by atoms with Crippen molar-refractivity contribution >= 4 is 45.0 Å². The van der Waals surface area contributed by atoms with Crippen molar-refractivity contribution in [2.45, 2.75) is 11.1 Å². The number of alkyl halides is 3. The Labute approximate surface area is 175 Å². The van der Waals surface area contributed by atoms with Gasteiger partial charge in [0.25, 0.3) is 15.9 Å². The highest BCUT2D eigenvalue weighted by Gasteiger charge is 2.31. The highest BCUT2D eigenvalue weighted by Crippen LogP contribution is 2.31. The maximum atomic E-state index is 12.9. The summed E-state index contributed by atoms with van der Waals surface area (Å²) >= 11 is 7.81. The standard InChI is InChI=1S/C18H16ClF3N2O3S2/c19-16-5-4-14(11-15(16)17(25)24-6-8-28-9-7-24)29(26,27)23-13-3-1-2-12(10-13)18(20,21)22/h1-5,10-11,23H,6-9H2. The molecule has 2 aromatic carbocycles. The minimum Gasteiger partial charge on any atom is -0.337 e. The van der Waals surface area contributed by atoms with Crippen LogP contribution >= 0.6 is 23.4 Å². The first-order valence-electron chi connectivity index (χ1n) is 8.44. The molecular formula is C18H16ClF3N2O3S2. The van der Waals surface area contributed by atoms with Crippen LogP contribution in [-0.4, -0.2) is 43.8 Å². The van der Waals surface area contributed by atoms with Gasteiger partial charge in [-0.25, -0.2) is 8.42 Å². The molecule has 5 nitrogen and oxygen atoms in total. The van der Waals surface area contributed by atoms with Gasteiger partial charge >= 0.3 is 6.18 Å². The van der Waals surface area contributed by atoms with Gasteiger partial charge in [-0.3, -0.25) is 9.52 Å². The molecule has 0 spiro atoms. The minimum atomic E-state index is -4.60. The summed E-state index contributed by atoms with van der Waals surface area (Å²) in [5.41, 5.74) is -1.19. The molecule has 0 radical (unpaired) electrons. The van der Waals surface area contributed by atoms with Crippen molar-refractivity contribution in [3.05, 3.63) is 58.6 Å². The normalized spacial score (nSPS) is 15.2. The van der Waals surface area contributed by atoms with E-state index in [4.69, 9.17) is 11.6 Å². The lowest BCUT2D eigenvalue weighted by atomic mass is 10.2. The lowest BCUT2D eigenvalue weighted by Gasteiger charge is -2.27. The Morgan fingerprint density at radius 3 is 2.45 bits per heavy atom. The number of hydrogen-bond donors (Lipinski definition) is 1. The average molecular weight is 465 g/mol. The predicted molar refractivity (Wildman–Crippen MR) is 107 cm³/mol. The zero-order valence-electron chi connectivity index (χ0n) is 14.9. The number of carbonyl (C=O) groups excluding carboxylic acids is 1. The van der Waals surface area contributed by atoms with Crippen LogP contribution in [0.5, 0.6) is 0 Å². The maximum Gasteiger partial charge on any atom is 0.416 e. The Morgan fingerprint density at radius 1 is 1.10 bits per heavy atom. The lowest BCUT2D eigenvalue weighted by molar-refractivity contribution is -0.137. The van der Waals surface area contributed by atoms with E-state index < -0.39 is 21.8 Å². The monoisotopic (exact) mass is 464 g/mol. The number of hydrogen-bond acceptors (Lipinski definition) is 4. The molecule has 0 bridgehead atoms. The van der Waals surface area contributed by atoms with Gasteiger partial charge in [0, 0.05) is 30.3 Å². The van der Waals surface area contributed by atoms with Crippen molar-refractivity contribution in [3.63, 3.8) is 0 Å². The number of rotatable bonds is 4. The second kappa shape index (κ2) is 8.45. The van der Waals surface area contributed by atoms with Gasteiger partial charge in [0.15, 0.2) is 0 Å². The van der Waals surface area contributed by atoms with Crippen molar-refractivity contribution in [2.75, 3.05) is 29.3 Å². The van der Waals surface area contributed by atoms with E-state index in [1.807, 2.05) is 0 Å². The number of thioether (sulfide) groups is 1. The largest absolute Gasteiger partial charge is 0.416 e. The van der Waals surface area contributed by atoms with Crippen molar-refractivity contribution in [1.29, 1.82) is 0 Å². The molecule has 2 aromatic rings. The molecule has 3 rings (SSSR count). The van der Waals surface area contributed by atoms with E-state index in [0.29, 0.717) is 19.2 Å². The van der Waals surface area contributed by atoms with E-state index in [2.05, 4.69) is 4.72 Å². The SMILES string of the molecule is O=C(c1cc(S(=O)(=O)Nc2cccc(C(F)(F)F)c2)ccc1Cl)N1CCSCC1. The molecule has 0 aliphatic carbocycles. The smallest absolute Gasteiger partial charge is 0.337 e. The number of nitrogens with one attached hydrogen (secondary N) is 1. The fourth-order valence-electron chi connectivity index (χ4n) is 2.75. The summed E-state index contributed by atoms with van der Waals surface area (Å²) in [4.78, 5) is 14.0. The molecule has 0 unspecified atom stereocenters. The topological polar surface area (TPSA) is 66.5 Å². The molecule has 1 saturated heterocycles. The Kier molecular flexibility index (Phi) is 6.35. The van der Waals surface area contributed by atoms with E-state index >= 15 is 0 Å². The van der Waals surface area contributed by atoms with Crippen molar-refractivity contribution in [1.82, 2.24) is 4.90 Å². The van der Waals surface area contributed by atoms with E-state index in [1.165, 1.54) is 18.2 Å². The van der Waals surface area contributed by atoms with Gasteiger partial charge in [0.1, 0.15) is 0 Å². The number of halogens is 4. The van der Waals surface area contributed by atoms with Crippen LogP contribution in [0.15, 0.2) is 47.4 Å². The highest BCUT2D eigenvalue weighted by atomic mass is 35.5. The molecule has 1 aliphatic rings. The molecular weight excluding hydrogens is 449 g/mol. The van der Waals surface area contributed by atoms with Crippen LogP contribution in [0.25, 0.3) is 0 Å². The molecule has 1 aliphatic heterocycles. The number of carbonyl (C=O) groups is 1. The van der Waals surface area contributed by atoms with Gasteiger partial charge < -0.3 is 4.90 Å². The maximum absolute atomic E-state index is 12.9. The zero-order chi connectivity index (χ0) is 21.2. The molecule has 1 N–H and O–H groups in total. The Bertz CT molecular complexity index is 1020. The van der Waals surface area contributed by atoms with E-state index in [9.17, 15) is 26.4 Å². The summed E-state index contributed by atoms with van der Waals surface area (Å²) in [5, 5.41) is 0.103. The highest BCUT2D eigenvalue weighted by molar-refractivity contribution is 7.99. The molecule has 29 heavy (non-hydrogen) atoms. The third kappa shape index (κ3) is 5.18. The number of amides is 1. The molecule has 11 heteroatoms. The van der Waals surface area contributed by atoms with E-state index in [-0.39, 0.29) is 27.1 Å². The summed E-state index contributed by atoms with van der Waals surface area (Å²) in [6, 6.07) is 7.47. The van der Waals surface area contributed by atoms with Crippen LogP contribution in [-0.2, 0) is 16.2 Å². The lowest BCUT2D eigenvalue weighted by Crippen LogP contribution is -2.38. The summed E-state index contributed by atoms with van der Waals surface area (Å²) in [6.07, 6.45) is -4.60. The van der Waals surface area contributed by atoms with Gasteiger partial charge in [-0.15, -0.1) is 0 Å². The summed E-state index contributed by atoms with van der Waals surface area (Å²) in [6.45, 7) is 1.05. The van der Waals surface area contributed by atoms with Crippen molar-refractivity contribution in [2.24, 2.45) is 0 Å². The molecule has 1 heterocycles. The Hall–Kier alpha value is -1.91. The molecule has 1 fully saturated rings. The number of anilines is 1. The van der Waals surface area contributed by atoms with Crippen molar-refractivity contribution < 1.29 is 26.4 Å². The third-order valence-corrected chi connectivity index (χ3v) is 6.87. The van der Waals surface area contributed by atoms with Gasteiger partial charge in [0.2, 0.25) is 0 Å². The van der Waals surface area contributed by atoms with Crippen LogP contribution in [0.4, 0.5) is 18.9 Å². The second-order valence-corrected chi connectivity index (χ2v) is 9.54. The predicted octanol–water partition coefficient (Wildman–Crippen LogP) is 4.35. The van der Waals surface area contributed by atoms with Crippen LogP contribution in [0.1, 0.15) is 15.9 Å². The van der Waals surface area contributed by atoms with Crippen LogP contribution < -0.4 is 4.72 Å².